The molecule has 0 aromatic carbocycles. The second-order valence-electron chi connectivity index (χ2n) is 4.92. The Morgan fingerprint density at radius 1 is 1.47 bits per heavy atom. The number of hydrogen-bond acceptors (Lipinski definition) is 4. The minimum Gasteiger partial charge on any atom is -0.450 e. The molecule has 1 fully saturated rings. The lowest BCUT2D eigenvalue weighted by molar-refractivity contribution is 0.168. The van der Waals surface area contributed by atoms with E-state index in [2.05, 4.69) is 22.1 Å². The van der Waals surface area contributed by atoms with Crippen LogP contribution < -0.4 is 10.2 Å². The van der Waals surface area contributed by atoms with Crippen molar-refractivity contribution in [1.82, 2.24) is 4.98 Å². The summed E-state index contributed by atoms with van der Waals surface area (Å²) in [5.74, 6) is 1.78. The zero-order valence-electron chi connectivity index (χ0n) is 11.6. The molecule has 1 aliphatic heterocycles. The van der Waals surface area contributed by atoms with Crippen LogP contribution in [0.3, 0.4) is 0 Å². The van der Waals surface area contributed by atoms with Gasteiger partial charge in [0.05, 0.1) is 18.5 Å². The van der Waals surface area contributed by atoms with E-state index in [4.69, 9.17) is 4.74 Å². The molecule has 104 valence electrons. The van der Waals surface area contributed by atoms with Crippen molar-refractivity contribution in [1.29, 1.82) is 0 Å². The van der Waals surface area contributed by atoms with Crippen LogP contribution in [0.4, 0.5) is 16.3 Å². The van der Waals surface area contributed by atoms with E-state index in [9.17, 15) is 4.79 Å². The molecule has 1 aromatic heterocycles. The summed E-state index contributed by atoms with van der Waals surface area (Å²) in [7, 11) is 0. The monoisotopic (exact) mass is 263 g/mol. The third kappa shape index (κ3) is 3.84. The fraction of sp³-hybridized carbons (Fsp3) is 0.571. The van der Waals surface area contributed by atoms with Crippen LogP contribution in [0.2, 0.25) is 0 Å². The average Bonchev–Trinajstić information content (AvgIpc) is 2.41. The number of carbonyl (C=O) groups excluding carboxylic acids is 1. The minimum absolute atomic E-state index is 0.364. The fourth-order valence-electron chi connectivity index (χ4n) is 2.17. The maximum absolute atomic E-state index is 11.3. The van der Waals surface area contributed by atoms with Gasteiger partial charge < -0.3 is 9.64 Å². The zero-order valence-corrected chi connectivity index (χ0v) is 11.6. The normalized spacial score (nSPS) is 16.2. The first-order valence-corrected chi connectivity index (χ1v) is 6.84. The lowest BCUT2D eigenvalue weighted by Crippen LogP contribution is -2.33. The number of anilines is 2. The van der Waals surface area contributed by atoms with E-state index in [1.165, 1.54) is 12.8 Å². The number of carbonyl (C=O) groups is 1. The van der Waals surface area contributed by atoms with Gasteiger partial charge in [-0.25, -0.2) is 9.78 Å². The SMILES string of the molecule is CCOC(=O)Nc1ccc(N2CCC(C)CC2)nc1. The van der Waals surface area contributed by atoms with Gasteiger partial charge in [0.25, 0.3) is 0 Å². The van der Waals surface area contributed by atoms with Crippen LogP contribution in [-0.4, -0.2) is 30.8 Å². The Balaban J connectivity index is 1.92. The van der Waals surface area contributed by atoms with Gasteiger partial charge in [-0.3, -0.25) is 5.32 Å². The predicted molar refractivity (Wildman–Crippen MR) is 75.5 cm³/mol. The van der Waals surface area contributed by atoms with Gasteiger partial charge in [0.2, 0.25) is 0 Å². The van der Waals surface area contributed by atoms with Crippen LogP contribution in [0, 0.1) is 5.92 Å². The molecule has 0 saturated carbocycles. The highest BCUT2D eigenvalue weighted by atomic mass is 16.5. The zero-order chi connectivity index (χ0) is 13.7. The van der Waals surface area contributed by atoms with E-state index < -0.39 is 6.09 Å². The first-order chi connectivity index (χ1) is 9.19. The number of nitrogens with zero attached hydrogens (tertiary/aromatic N) is 2. The summed E-state index contributed by atoms with van der Waals surface area (Å²) in [5.41, 5.74) is 0.660. The van der Waals surface area contributed by atoms with Crippen molar-refractivity contribution in [2.24, 2.45) is 5.92 Å². The quantitative estimate of drug-likeness (QED) is 0.911. The maximum Gasteiger partial charge on any atom is 0.411 e. The summed E-state index contributed by atoms with van der Waals surface area (Å²) in [6.07, 6.45) is 3.66. The van der Waals surface area contributed by atoms with Crippen molar-refractivity contribution < 1.29 is 9.53 Å². The molecule has 2 heterocycles. The molecule has 1 N–H and O–H groups in total. The van der Waals surface area contributed by atoms with Gasteiger partial charge in [0, 0.05) is 13.1 Å². The van der Waals surface area contributed by atoms with Crippen LogP contribution >= 0.6 is 0 Å². The van der Waals surface area contributed by atoms with Gasteiger partial charge in [-0.1, -0.05) is 6.92 Å². The minimum atomic E-state index is -0.441. The lowest BCUT2D eigenvalue weighted by Gasteiger charge is -2.31. The Morgan fingerprint density at radius 2 is 2.21 bits per heavy atom. The number of piperidine rings is 1. The number of nitrogens with one attached hydrogen (secondary N) is 1. The van der Waals surface area contributed by atoms with Crippen LogP contribution in [0.25, 0.3) is 0 Å². The van der Waals surface area contributed by atoms with Gasteiger partial charge in [-0.2, -0.15) is 0 Å². The Labute approximate surface area is 114 Å². The van der Waals surface area contributed by atoms with Gasteiger partial charge in [-0.15, -0.1) is 0 Å². The molecule has 0 atom stereocenters. The van der Waals surface area contributed by atoms with E-state index in [-0.39, 0.29) is 0 Å². The van der Waals surface area contributed by atoms with Crippen molar-refractivity contribution in [2.75, 3.05) is 29.9 Å². The van der Waals surface area contributed by atoms with Crippen molar-refractivity contribution in [3.8, 4) is 0 Å². The number of amides is 1. The number of ether oxygens (including phenoxy) is 1. The standard InChI is InChI=1S/C14H21N3O2/c1-3-19-14(18)16-12-4-5-13(15-10-12)17-8-6-11(2)7-9-17/h4-5,10-11H,3,6-9H2,1-2H3,(H,16,18). The summed E-state index contributed by atoms with van der Waals surface area (Å²) in [4.78, 5) is 17.9. The third-order valence-electron chi connectivity index (χ3n) is 3.38. The lowest BCUT2D eigenvalue weighted by atomic mass is 9.99. The summed E-state index contributed by atoms with van der Waals surface area (Å²) in [6, 6.07) is 3.80. The van der Waals surface area contributed by atoms with Crippen molar-refractivity contribution in [3.63, 3.8) is 0 Å². The van der Waals surface area contributed by atoms with Crippen molar-refractivity contribution in [2.45, 2.75) is 26.7 Å². The van der Waals surface area contributed by atoms with E-state index >= 15 is 0 Å². The number of hydrogen-bond donors (Lipinski definition) is 1. The molecule has 1 amide bonds. The molecule has 19 heavy (non-hydrogen) atoms. The topological polar surface area (TPSA) is 54.5 Å². The second kappa shape index (κ2) is 6.41. The molecule has 5 heteroatoms. The number of pyridine rings is 1. The summed E-state index contributed by atoms with van der Waals surface area (Å²) >= 11 is 0. The highest BCUT2D eigenvalue weighted by Crippen LogP contribution is 2.22. The molecule has 0 aliphatic carbocycles. The maximum atomic E-state index is 11.3. The Bertz CT molecular complexity index is 411. The fourth-order valence-corrected chi connectivity index (χ4v) is 2.17. The third-order valence-corrected chi connectivity index (χ3v) is 3.38. The molecule has 0 spiro atoms. The second-order valence-corrected chi connectivity index (χ2v) is 4.92. The highest BCUT2D eigenvalue weighted by molar-refractivity contribution is 5.84. The summed E-state index contributed by atoms with van der Waals surface area (Å²) in [6.45, 7) is 6.54. The van der Waals surface area contributed by atoms with E-state index in [0.717, 1.165) is 24.8 Å². The molecule has 1 aromatic rings. The molecule has 1 aliphatic rings. The van der Waals surface area contributed by atoms with Crippen LogP contribution in [0.5, 0.6) is 0 Å². The average molecular weight is 263 g/mol. The molecule has 0 bridgehead atoms. The van der Waals surface area contributed by atoms with Gasteiger partial charge >= 0.3 is 6.09 Å². The van der Waals surface area contributed by atoms with Gasteiger partial charge in [-0.05, 0) is 37.8 Å². The smallest absolute Gasteiger partial charge is 0.411 e. The summed E-state index contributed by atoms with van der Waals surface area (Å²) in [5, 5.41) is 2.64. The number of rotatable bonds is 3. The van der Waals surface area contributed by atoms with Gasteiger partial charge in [0.15, 0.2) is 0 Å². The van der Waals surface area contributed by atoms with Crippen molar-refractivity contribution >= 4 is 17.6 Å². The van der Waals surface area contributed by atoms with Crippen LogP contribution in [0.15, 0.2) is 18.3 Å². The molecule has 2 rings (SSSR count). The Kier molecular flexibility index (Phi) is 4.60. The molecule has 1 saturated heterocycles. The van der Waals surface area contributed by atoms with Crippen molar-refractivity contribution in [3.05, 3.63) is 18.3 Å². The first-order valence-electron chi connectivity index (χ1n) is 6.84. The number of aromatic nitrogens is 1. The van der Waals surface area contributed by atoms with E-state index in [0.29, 0.717) is 12.3 Å². The summed E-state index contributed by atoms with van der Waals surface area (Å²) < 4.78 is 4.82. The van der Waals surface area contributed by atoms with E-state index in [1.54, 1.807) is 13.1 Å². The van der Waals surface area contributed by atoms with Gasteiger partial charge in [0.1, 0.15) is 5.82 Å². The molecule has 5 nitrogen and oxygen atoms in total. The molecular formula is C14H21N3O2. The highest BCUT2D eigenvalue weighted by Gasteiger charge is 2.16. The molecule has 0 radical (unpaired) electrons. The molecule has 0 unspecified atom stereocenters. The largest absolute Gasteiger partial charge is 0.450 e. The van der Waals surface area contributed by atoms with E-state index in [1.807, 2.05) is 12.1 Å². The predicted octanol–water partition coefficient (Wildman–Crippen LogP) is 2.89. The van der Waals surface area contributed by atoms with Crippen LogP contribution in [-0.2, 0) is 4.74 Å². The first kappa shape index (κ1) is 13.6. The molecular weight excluding hydrogens is 242 g/mol. The Hall–Kier alpha value is -1.78. The van der Waals surface area contributed by atoms with Crippen LogP contribution in [0.1, 0.15) is 26.7 Å². The Morgan fingerprint density at radius 3 is 2.79 bits per heavy atom.